The van der Waals surface area contributed by atoms with E-state index in [1.807, 2.05) is 56.3 Å². The Morgan fingerprint density at radius 3 is 2.34 bits per heavy atom. The van der Waals surface area contributed by atoms with Gasteiger partial charge in [-0.3, -0.25) is 9.69 Å². The molecule has 0 aliphatic carbocycles. The number of thioether (sulfide) groups is 1. The zero-order chi connectivity index (χ0) is 25.0. The topological polar surface area (TPSA) is 52.7 Å². The molecule has 0 radical (unpaired) electrons. The lowest BCUT2D eigenvalue weighted by Crippen LogP contribution is -2.51. The van der Waals surface area contributed by atoms with E-state index in [0.29, 0.717) is 18.8 Å². The maximum atomic E-state index is 14.3. The number of carbonyl (C=O) groups is 2. The van der Waals surface area contributed by atoms with Gasteiger partial charge in [-0.25, -0.2) is 9.18 Å². The summed E-state index contributed by atoms with van der Waals surface area (Å²) in [7, 11) is 0. The zero-order valence-corrected chi connectivity index (χ0v) is 21.1. The Hall–Kier alpha value is -3.32. The summed E-state index contributed by atoms with van der Waals surface area (Å²) >= 11 is 1.52. The third kappa shape index (κ3) is 4.08. The van der Waals surface area contributed by atoms with Gasteiger partial charge in [0.1, 0.15) is 5.82 Å². The Kier molecular flexibility index (Phi) is 5.63. The first kappa shape index (κ1) is 23.4. The fourth-order valence-electron chi connectivity index (χ4n) is 4.88. The van der Waals surface area contributed by atoms with Crippen LogP contribution in [-0.4, -0.2) is 28.1 Å². The van der Waals surface area contributed by atoms with Gasteiger partial charge in [-0.1, -0.05) is 47.5 Å². The number of halogens is 1. The van der Waals surface area contributed by atoms with Gasteiger partial charge >= 0.3 is 6.03 Å². The largest absolute Gasteiger partial charge is 0.323 e. The predicted octanol–water partition coefficient (Wildman–Crippen LogP) is 6.20. The summed E-state index contributed by atoms with van der Waals surface area (Å²) in [5.41, 5.74) is 5.22. The number of amides is 3. The first-order chi connectivity index (χ1) is 16.6. The van der Waals surface area contributed by atoms with Gasteiger partial charge in [-0.2, -0.15) is 0 Å². The van der Waals surface area contributed by atoms with Gasteiger partial charge in [0.25, 0.3) is 5.91 Å². The summed E-state index contributed by atoms with van der Waals surface area (Å²) in [5.74, 6) is -0.474. The van der Waals surface area contributed by atoms with Crippen LogP contribution in [0.1, 0.15) is 36.1 Å². The Morgan fingerprint density at radius 1 is 1.00 bits per heavy atom. The molecule has 2 heterocycles. The summed E-state index contributed by atoms with van der Waals surface area (Å²) in [4.78, 5) is 30.2. The van der Waals surface area contributed by atoms with Crippen LogP contribution in [0, 0.1) is 19.7 Å². The molecule has 2 aliphatic heterocycles. The highest BCUT2D eigenvalue weighted by molar-refractivity contribution is 8.02. The Balaban J connectivity index is 1.57. The molecule has 0 unspecified atom stereocenters. The van der Waals surface area contributed by atoms with E-state index in [-0.39, 0.29) is 22.5 Å². The maximum Gasteiger partial charge on any atom is 0.323 e. The molecule has 1 fully saturated rings. The quantitative estimate of drug-likeness (QED) is 0.477. The molecule has 1 N–H and O–H groups in total. The van der Waals surface area contributed by atoms with E-state index in [4.69, 9.17) is 0 Å². The predicted molar refractivity (Wildman–Crippen MR) is 139 cm³/mol. The number of benzene rings is 3. The minimum absolute atomic E-state index is 0.156. The lowest BCUT2D eigenvalue weighted by Gasteiger charge is -2.33. The van der Waals surface area contributed by atoms with Crippen molar-refractivity contribution >= 4 is 35.1 Å². The average Bonchev–Trinajstić information content (AvgIpc) is 3.23. The molecule has 0 aromatic heterocycles. The molecule has 5 rings (SSSR count). The minimum Gasteiger partial charge on any atom is -0.308 e. The maximum absolute atomic E-state index is 14.3. The highest BCUT2D eigenvalue weighted by atomic mass is 32.2. The Bertz CT molecular complexity index is 1310. The van der Waals surface area contributed by atoms with Crippen LogP contribution in [0.2, 0.25) is 0 Å². The van der Waals surface area contributed by atoms with E-state index < -0.39 is 4.87 Å². The summed E-state index contributed by atoms with van der Waals surface area (Å²) in [5, 5.41) is 3.00. The van der Waals surface area contributed by atoms with Crippen molar-refractivity contribution in [3.63, 3.8) is 0 Å². The van der Waals surface area contributed by atoms with E-state index >= 15 is 0 Å². The summed E-state index contributed by atoms with van der Waals surface area (Å²) < 4.78 is 13.2. The Labute approximate surface area is 209 Å². The lowest BCUT2D eigenvalue weighted by molar-refractivity contribution is -0.123. The molecule has 2 aliphatic rings. The molecule has 180 valence electrons. The molecule has 1 spiro atoms. The fraction of sp³-hybridized carbons (Fsp3) is 0.286. The molecule has 35 heavy (non-hydrogen) atoms. The number of anilines is 2. The molecule has 3 aromatic carbocycles. The van der Waals surface area contributed by atoms with Gasteiger partial charge in [0.15, 0.2) is 4.87 Å². The minimum atomic E-state index is -1.18. The van der Waals surface area contributed by atoms with Crippen molar-refractivity contribution in [2.45, 2.75) is 43.9 Å². The average molecular weight is 490 g/mol. The number of carbonyl (C=O) groups excluding carboxylic acids is 2. The van der Waals surface area contributed by atoms with Gasteiger partial charge < -0.3 is 10.2 Å². The summed E-state index contributed by atoms with van der Waals surface area (Å²) in [6.07, 6.45) is 0. The van der Waals surface area contributed by atoms with Gasteiger partial charge in [-0.05, 0) is 63.6 Å². The second-order valence-electron chi connectivity index (χ2n) is 9.93. The third-order valence-electron chi connectivity index (χ3n) is 6.49. The van der Waals surface area contributed by atoms with Crippen molar-refractivity contribution in [1.29, 1.82) is 0 Å². The standard InChI is InChI=1S/C28H28FN3O2S/c1-18-5-12-22(13-6-18)30-26(34)32-17-27(3,4)35-28(32)23-15-19(2)7-14-24(23)31(25(28)33)16-20-8-10-21(29)11-9-20/h5-15H,16-17H2,1-4H3,(H,30,34)/t28-/m0/s1. The molecule has 7 heteroatoms. The number of aryl methyl sites for hydroxylation is 2. The molecule has 3 amide bonds. The molecule has 0 saturated carbocycles. The molecule has 1 atom stereocenters. The normalized spacial score (nSPS) is 20.4. The van der Waals surface area contributed by atoms with Crippen LogP contribution in [0.15, 0.2) is 66.7 Å². The third-order valence-corrected chi connectivity index (χ3v) is 8.08. The van der Waals surface area contributed by atoms with Crippen LogP contribution in [-0.2, 0) is 16.2 Å². The number of nitrogens with one attached hydrogen (secondary N) is 1. The van der Waals surface area contributed by atoms with E-state index in [9.17, 15) is 14.0 Å². The van der Waals surface area contributed by atoms with Gasteiger partial charge in [0.05, 0.1) is 12.2 Å². The zero-order valence-electron chi connectivity index (χ0n) is 20.3. The molecule has 1 saturated heterocycles. The van der Waals surface area contributed by atoms with Crippen molar-refractivity contribution in [2.24, 2.45) is 0 Å². The van der Waals surface area contributed by atoms with Crippen molar-refractivity contribution in [3.8, 4) is 0 Å². The van der Waals surface area contributed by atoms with Crippen LogP contribution >= 0.6 is 11.8 Å². The van der Waals surface area contributed by atoms with E-state index in [0.717, 1.165) is 27.9 Å². The first-order valence-electron chi connectivity index (χ1n) is 11.6. The van der Waals surface area contributed by atoms with Gasteiger partial charge in [0, 0.05) is 22.5 Å². The van der Waals surface area contributed by atoms with Crippen LogP contribution in [0.4, 0.5) is 20.6 Å². The fourth-order valence-corrected chi connectivity index (χ4v) is 6.60. The second-order valence-corrected chi connectivity index (χ2v) is 11.8. The first-order valence-corrected chi connectivity index (χ1v) is 12.4. The van der Waals surface area contributed by atoms with Gasteiger partial charge in [0.2, 0.25) is 0 Å². The number of hydrogen-bond donors (Lipinski definition) is 1. The number of urea groups is 1. The van der Waals surface area contributed by atoms with Crippen molar-refractivity contribution in [2.75, 3.05) is 16.8 Å². The molecule has 0 bridgehead atoms. The van der Waals surface area contributed by atoms with Crippen LogP contribution in [0.3, 0.4) is 0 Å². The SMILES string of the molecule is Cc1ccc(NC(=O)N2CC(C)(C)S[C@@]23C(=O)N(Cc2ccc(F)cc2)c2ccc(C)cc23)cc1. The van der Waals surface area contributed by atoms with Crippen molar-refractivity contribution in [1.82, 2.24) is 4.90 Å². The van der Waals surface area contributed by atoms with Crippen molar-refractivity contribution in [3.05, 3.63) is 94.8 Å². The molecular formula is C28H28FN3O2S. The number of nitrogens with zero attached hydrogens (tertiary/aromatic N) is 2. The second kappa shape index (κ2) is 8.41. The highest BCUT2D eigenvalue weighted by Crippen LogP contribution is 2.60. The smallest absolute Gasteiger partial charge is 0.308 e. The molecule has 3 aromatic rings. The number of hydrogen-bond acceptors (Lipinski definition) is 3. The lowest BCUT2D eigenvalue weighted by atomic mass is 10.0. The summed E-state index contributed by atoms with van der Waals surface area (Å²) in [6, 6.07) is 19.4. The number of rotatable bonds is 3. The van der Waals surface area contributed by atoms with Crippen LogP contribution in [0.5, 0.6) is 0 Å². The van der Waals surface area contributed by atoms with E-state index in [1.54, 1.807) is 21.9 Å². The van der Waals surface area contributed by atoms with Crippen LogP contribution < -0.4 is 10.2 Å². The summed E-state index contributed by atoms with van der Waals surface area (Å²) in [6.45, 7) is 8.81. The van der Waals surface area contributed by atoms with Gasteiger partial charge in [-0.15, -0.1) is 11.8 Å². The van der Waals surface area contributed by atoms with E-state index in [1.165, 1.54) is 23.9 Å². The van der Waals surface area contributed by atoms with Crippen molar-refractivity contribution < 1.29 is 14.0 Å². The highest BCUT2D eigenvalue weighted by Gasteiger charge is 2.63. The van der Waals surface area contributed by atoms with Crippen LogP contribution in [0.25, 0.3) is 0 Å². The monoisotopic (exact) mass is 489 g/mol. The molecular weight excluding hydrogens is 461 g/mol. The van der Waals surface area contributed by atoms with E-state index in [2.05, 4.69) is 19.2 Å². The number of fused-ring (bicyclic) bond motifs is 2. The Morgan fingerprint density at radius 2 is 1.66 bits per heavy atom. The molecule has 5 nitrogen and oxygen atoms in total.